The average Bonchev–Trinajstić information content (AvgIpc) is 2.26. The first-order chi connectivity index (χ1) is 7.27. The molecule has 2 aliphatic rings. The highest BCUT2D eigenvalue weighted by Gasteiger charge is 2.41. The maximum Gasteiger partial charge on any atom is 0.234 e. The quantitative estimate of drug-likeness (QED) is 0.733. The maximum atomic E-state index is 11.4. The molecule has 86 valence electrons. The van der Waals surface area contributed by atoms with E-state index in [1.807, 2.05) is 0 Å². The van der Waals surface area contributed by atoms with E-state index < -0.39 is 0 Å². The highest BCUT2D eigenvalue weighted by atomic mass is 16.5. The molecule has 0 aromatic carbocycles. The Bertz CT molecular complexity index is 237. The fourth-order valence-corrected chi connectivity index (χ4v) is 2.81. The molecule has 1 aliphatic heterocycles. The number of piperazine rings is 1. The zero-order valence-electron chi connectivity index (χ0n) is 9.42. The zero-order chi connectivity index (χ0) is 10.7. The molecule has 0 bridgehead atoms. The van der Waals surface area contributed by atoms with Crippen LogP contribution in [0.5, 0.6) is 0 Å². The van der Waals surface area contributed by atoms with Crippen LogP contribution in [0.15, 0.2) is 0 Å². The number of hydrogen-bond acceptors (Lipinski definition) is 3. The molecule has 1 heterocycles. The van der Waals surface area contributed by atoms with Gasteiger partial charge in [0.1, 0.15) is 0 Å². The van der Waals surface area contributed by atoms with Crippen molar-refractivity contribution >= 4 is 5.91 Å². The van der Waals surface area contributed by atoms with Crippen molar-refractivity contribution in [2.24, 2.45) is 0 Å². The van der Waals surface area contributed by atoms with Crippen molar-refractivity contribution in [1.82, 2.24) is 10.2 Å². The van der Waals surface area contributed by atoms with Crippen LogP contribution >= 0.6 is 0 Å². The van der Waals surface area contributed by atoms with Crippen LogP contribution in [0.3, 0.4) is 0 Å². The predicted octanol–water partition coefficient (Wildman–Crippen LogP) is 0.725. The third kappa shape index (κ3) is 2.16. The molecule has 1 saturated heterocycles. The smallest absolute Gasteiger partial charge is 0.234 e. The van der Waals surface area contributed by atoms with Gasteiger partial charge in [0.2, 0.25) is 5.91 Å². The number of rotatable bonds is 2. The van der Waals surface area contributed by atoms with Crippen molar-refractivity contribution in [3.8, 4) is 0 Å². The first-order valence-corrected chi connectivity index (χ1v) is 5.77. The van der Waals surface area contributed by atoms with Crippen LogP contribution in [0, 0.1) is 0 Å². The second-order valence-corrected chi connectivity index (χ2v) is 4.68. The van der Waals surface area contributed by atoms with Gasteiger partial charge < -0.3 is 10.1 Å². The van der Waals surface area contributed by atoms with Crippen molar-refractivity contribution in [3.63, 3.8) is 0 Å². The van der Waals surface area contributed by atoms with E-state index in [4.69, 9.17) is 4.74 Å². The Morgan fingerprint density at radius 3 is 2.80 bits per heavy atom. The molecule has 0 atom stereocenters. The topological polar surface area (TPSA) is 41.6 Å². The average molecular weight is 212 g/mol. The van der Waals surface area contributed by atoms with Crippen LogP contribution in [0.1, 0.15) is 32.1 Å². The summed E-state index contributed by atoms with van der Waals surface area (Å²) in [6.45, 7) is 1.87. The molecule has 1 spiro atoms. The number of carbonyl (C=O) groups excluding carboxylic acids is 1. The minimum absolute atomic E-state index is 0.128. The van der Waals surface area contributed by atoms with Gasteiger partial charge in [0, 0.05) is 19.2 Å². The van der Waals surface area contributed by atoms with Gasteiger partial charge >= 0.3 is 0 Å². The first-order valence-electron chi connectivity index (χ1n) is 5.77. The lowest BCUT2D eigenvalue weighted by molar-refractivity contribution is -0.134. The van der Waals surface area contributed by atoms with Crippen LogP contribution < -0.4 is 5.32 Å². The van der Waals surface area contributed by atoms with E-state index in [1.54, 1.807) is 7.11 Å². The van der Waals surface area contributed by atoms with Gasteiger partial charge in [-0.05, 0) is 12.8 Å². The Labute approximate surface area is 91.0 Å². The van der Waals surface area contributed by atoms with Crippen LogP contribution in [0.25, 0.3) is 0 Å². The minimum Gasteiger partial charge on any atom is -0.369 e. The summed E-state index contributed by atoms with van der Waals surface area (Å²) in [5.41, 5.74) is 0.183. The summed E-state index contributed by atoms with van der Waals surface area (Å²) >= 11 is 0. The molecule has 0 aromatic heterocycles. The Morgan fingerprint density at radius 2 is 2.13 bits per heavy atom. The standard InChI is InChI=1S/C11H20N2O2/c1-15-9-13-7-10(14)12-8-11(13)5-3-2-4-6-11/h2-9H2,1H3,(H,12,14). The second-order valence-electron chi connectivity index (χ2n) is 4.68. The largest absolute Gasteiger partial charge is 0.369 e. The normalized spacial score (nSPS) is 26.6. The van der Waals surface area contributed by atoms with E-state index in [9.17, 15) is 4.79 Å². The molecular formula is C11H20N2O2. The molecule has 2 fully saturated rings. The molecule has 1 saturated carbocycles. The molecule has 0 unspecified atom stereocenters. The monoisotopic (exact) mass is 212 g/mol. The third-order valence-electron chi connectivity index (χ3n) is 3.69. The Morgan fingerprint density at radius 1 is 1.40 bits per heavy atom. The molecule has 0 aromatic rings. The number of nitrogens with one attached hydrogen (secondary N) is 1. The summed E-state index contributed by atoms with van der Waals surface area (Å²) in [7, 11) is 1.70. The summed E-state index contributed by atoms with van der Waals surface area (Å²) in [5, 5.41) is 2.99. The molecule has 1 N–H and O–H groups in total. The van der Waals surface area contributed by atoms with Gasteiger partial charge in [-0.1, -0.05) is 19.3 Å². The number of amides is 1. The second kappa shape index (κ2) is 4.49. The SMILES string of the molecule is COCN1CC(=O)NCC12CCCCC2. The van der Waals surface area contributed by atoms with Crippen LogP contribution in [-0.2, 0) is 9.53 Å². The van der Waals surface area contributed by atoms with E-state index in [2.05, 4.69) is 10.2 Å². The summed E-state index contributed by atoms with van der Waals surface area (Å²) in [5.74, 6) is 0.128. The molecular weight excluding hydrogens is 192 g/mol. The number of nitrogens with zero attached hydrogens (tertiary/aromatic N) is 1. The van der Waals surface area contributed by atoms with Gasteiger partial charge in [0.05, 0.1) is 13.3 Å². The molecule has 1 amide bonds. The number of methoxy groups -OCH3 is 1. The minimum atomic E-state index is 0.128. The predicted molar refractivity (Wildman–Crippen MR) is 57.4 cm³/mol. The molecule has 4 nitrogen and oxygen atoms in total. The van der Waals surface area contributed by atoms with Crippen molar-refractivity contribution in [2.75, 3.05) is 26.9 Å². The first kappa shape index (κ1) is 10.9. The fraction of sp³-hybridized carbons (Fsp3) is 0.909. The van der Waals surface area contributed by atoms with E-state index >= 15 is 0 Å². The third-order valence-corrected chi connectivity index (χ3v) is 3.69. The van der Waals surface area contributed by atoms with Gasteiger partial charge in [-0.3, -0.25) is 9.69 Å². The van der Waals surface area contributed by atoms with Crippen LogP contribution in [0.2, 0.25) is 0 Å². The van der Waals surface area contributed by atoms with Crippen LogP contribution in [0.4, 0.5) is 0 Å². The van der Waals surface area contributed by atoms with E-state index in [0.717, 1.165) is 6.54 Å². The fourth-order valence-electron chi connectivity index (χ4n) is 2.81. The number of hydrogen-bond donors (Lipinski definition) is 1. The van der Waals surface area contributed by atoms with Crippen molar-refractivity contribution in [2.45, 2.75) is 37.6 Å². The highest BCUT2D eigenvalue weighted by molar-refractivity contribution is 5.79. The Hall–Kier alpha value is -0.610. The lowest BCUT2D eigenvalue weighted by Crippen LogP contribution is -2.64. The Balaban J connectivity index is 2.08. The number of ether oxygens (including phenoxy) is 1. The summed E-state index contributed by atoms with van der Waals surface area (Å²) in [6, 6.07) is 0. The van der Waals surface area contributed by atoms with Gasteiger partial charge in [0.25, 0.3) is 0 Å². The Kier molecular flexibility index (Phi) is 3.26. The molecule has 0 radical (unpaired) electrons. The molecule has 2 rings (SSSR count). The maximum absolute atomic E-state index is 11.4. The molecule has 4 heteroatoms. The highest BCUT2D eigenvalue weighted by Crippen LogP contribution is 2.34. The number of carbonyl (C=O) groups is 1. The molecule has 15 heavy (non-hydrogen) atoms. The lowest BCUT2D eigenvalue weighted by atomic mass is 9.79. The summed E-state index contributed by atoms with van der Waals surface area (Å²) < 4.78 is 5.20. The zero-order valence-corrected chi connectivity index (χ0v) is 9.42. The summed E-state index contributed by atoms with van der Waals surface area (Å²) in [4.78, 5) is 13.6. The van der Waals surface area contributed by atoms with Crippen molar-refractivity contribution in [3.05, 3.63) is 0 Å². The lowest BCUT2D eigenvalue weighted by Gasteiger charge is -2.48. The molecule has 1 aliphatic carbocycles. The van der Waals surface area contributed by atoms with Gasteiger partial charge in [-0.25, -0.2) is 0 Å². The van der Waals surface area contributed by atoms with Gasteiger partial charge in [0.15, 0.2) is 0 Å². The van der Waals surface area contributed by atoms with Gasteiger partial charge in [-0.2, -0.15) is 0 Å². The summed E-state index contributed by atoms with van der Waals surface area (Å²) in [6.07, 6.45) is 6.26. The van der Waals surface area contributed by atoms with E-state index in [1.165, 1.54) is 32.1 Å². The van der Waals surface area contributed by atoms with Crippen molar-refractivity contribution in [1.29, 1.82) is 0 Å². The van der Waals surface area contributed by atoms with Crippen LogP contribution in [-0.4, -0.2) is 43.3 Å². The van der Waals surface area contributed by atoms with E-state index in [-0.39, 0.29) is 11.4 Å². The van der Waals surface area contributed by atoms with Gasteiger partial charge in [-0.15, -0.1) is 0 Å². The van der Waals surface area contributed by atoms with E-state index in [0.29, 0.717) is 13.3 Å². The van der Waals surface area contributed by atoms with Crippen molar-refractivity contribution < 1.29 is 9.53 Å².